The van der Waals surface area contributed by atoms with Gasteiger partial charge < -0.3 is 8.92 Å². The molecule has 0 N–H and O–H groups in total. The van der Waals surface area contributed by atoms with Crippen LogP contribution in [0.4, 0.5) is 4.39 Å². The summed E-state index contributed by atoms with van der Waals surface area (Å²) in [5.74, 6) is -1.36. The molecule has 5 nitrogen and oxygen atoms in total. The van der Waals surface area contributed by atoms with Gasteiger partial charge in [-0.05, 0) is 49.8 Å². The first-order valence-electron chi connectivity index (χ1n) is 8.13. The van der Waals surface area contributed by atoms with Crippen molar-refractivity contribution in [3.8, 4) is 0 Å². The molecule has 142 valence electrons. The highest BCUT2D eigenvalue weighted by molar-refractivity contribution is 7.86. The Morgan fingerprint density at radius 1 is 1.07 bits per heavy atom. The van der Waals surface area contributed by atoms with E-state index in [1.165, 1.54) is 48.6 Å². The van der Waals surface area contributed by atoms with Gasteiger partial charge in [0.05, 0.1) is 12.7 Å². The highest BCUT2D eigenvalue weighted by Crippen LogP contribution is 2.18. The van der Waals surface area contributed by atoms with Gasteiger partial charge in [-0.2, -0.15) is 8.42 Å². The lowest BCUT2D eigenvalue weighted by molar-refractivity contribution is -0.137. The lowest BCUT2D eigenvalue weighted by Crippen LogP contribution is -2.08. The number of carbonyl (C=O) groups is 1. The van der Waals surface area contributed by atoms with Gasteiger partial charge in [-0.25, -0.2) is 9.18 Å². The molecule has 0 bridgehead atoms. The molecule has 0 aromatic heterocycles. The Hall–Kier alpha value is -2.93. The molecule has 2 aromatic rings. The monoisotopic (exact) mass is 390 g/mol. The normalized spacial score (nSPS) is 12.2. The first kappa shape index (κ1) is 20.4. The summed E-state index contributed by atoms with van der Waals surface area (Å²) in [6.45, 7) is 3.59. The number of halogens is 1. The molecule has 0 fully saturated rings. The van der Waals surface area contributed by atoms with Gasteiger partial charge in [0.25, 0.3) is 0 Å². The molecule has 0 aliphatic carbocycles. The molecule has 2 aromatic carbocycles. The predicted octanol–water partition coefficient (Wildman–Crippen LogP) is 4.00. The van der Waals surface area contributed by atoms with E-state index in [1.54, 1.807) is 19.1 Å². The van der Waals surface area contributed by atoms with Crippen LogP contribution in [0.2, 0.25) is 0 Å². The molecule has 0 saturated carbocycles. The summed E-state index contributed by atoms with van der Waals surface area (Å²) in [6, 6.07) is 11.6. The molecular weight excluding hydrogens is 371 g/mol. The molecule has 0 atom stereocenters. The van der Waals surface area contributed by atoms with Gasteiger partial charge in [-0.15, -0.1) is 0 Å². The molecule has 27 heavy (non-hydrogen) atoms. The maximum atomic E-state index is 13.0. The summed E-state index contributed by atoms with van der Waals surface area (Å²) >= 11 is 0. The second-order valence-corrected chi connectivity index (χ2v) is 7.08. The summed E-state index contributed by atoms with van der Waals surface area (Å²) in [5.41, 5.74) is 1.50. The Morgan fingerprint density at radius 3 is 2.30 bits per heavy atom. The van der Waals surface area contributed by atoms with Crippen molar-refractivity contribution < 1.29 is 26.5 Å². The molecule has 0 heterocycles. The molecule has 0 saturated heterocycles. The molecule has 0 unspecified atom stereocenters. The summed E-state index contributed by atoms with van der Waals surface area (Å²) in [6.07, 6.45) is 3.74. The minimum Gasteiger partial charge on any atom is -0.463 e. The number of aryl methyl sites for hydroxylation is 1. The van der Waals surface area contributed by atoms with Crippen LogP contribution in [0.5, 0.6) is 0 Å². The molecule has 2 rings (SSSR count). The van der Waals surface area contributed by atoms with Crippen molar-refractivity contribution in [3.05, 3.63) is 83.4 Å². The Kier molecular flexibility index (Phi) is 6.90. The van der Waals surface area contributed by atoms with Crippen molar-refractivity contribution in [2.24, 2.45) is 0 Å². The molecular formula is C20H19FO5S. The number of rotatable bonds is 7. The molecule has 0 spiro atoms. The summed E-state index contributed by atoms with van der Waals surface area (Å²) in [5, 5.41) is 0. The Morgan fingerprint density at radius 2 is 1.70 bits per heavy atom. The molecule has 0 amide bonds. The standard InChI is InChI=1S/C20H19FO5S/c1-3-25-20(22)14-18(11-8-16-6-9-17(21)10-7-16)26-27(23,24)19-12-4-15(2)5-13-19/h4-14H,3H2,1-2H3/b11-8+,18-14+. The Labute approximate surface area is 157 Å². The van der Waals surface area contributed by atoms with E-state index in [0.717, 1.165) is 11.6 Å². The fourth-order valence-corrected chi connectivity index (χ4v) is 2.95. The van der Waals surface area contributed by atoms with Crippen molar-refractivity contribution in [3.63, 3.8) is 0 Å². The lowest BCUT2D eigenvalue weighted by atomic mass is 10.2. The summed E-state index contributed by atoms with van der Waals surface area (Å²) < 4.78 is 47.8. The average Bonchev–Trinajstić information content (AvgIpc) is 2.61. The van der Waals surface area contributed by atoms with E-state index in [1.807, 2.05) is 6.92 Å². The van der Waals surface area contributed by atoms with E-state index < -0.39 is 21.9 Å². The summed E-state index contributed by atoms with van der Waals surface area (Å²) in [7, 11) is -4.14. The average molecular weight is 390 g/mol. The second-order valence-electron chi connectivity index (χ2n) is 5.53. The maximum Gasteiger partial charge on any atom is 0.339 e. The van der Waals surface area contributed by atoms with E-state index in [2.05, 4.69) is 0 Å². The zero-order chi connectivity index (χ0) is 19.9. The minimum atomic E-state index is -4.14. The minimum absolute atomic E-state index is 0.0435. The van der Waals surface area contributed by atoms with Gasteiger partial charge in [0.2, 0.25) is 0 Å². The van der Waals surface area contributed by atoms with Crippen LogP contribution in [-0.4, -0.2) is 21.0 Å². The third-order valence-corrected chi connectivity index (χ3v) is 4.63. The van der Waals surface area contributed by atoms with Gasteiger partial charge in [-0.1, -0.05) is 35.9 Å². The van der Waals surface area contributed by atoms with Crippen molar-refractivity contribution in [2.75, 3.05) is 6.61 Å². The van der Waals surface area contributed by atoms with Crippen LogP contribution >= 0.6 is 0 Å². The van der Waals surface area contributed by atoms with Gasteiger partial charge in [0, 0.05) is 0 Å². The van der Waals surface area contributed by atoms with Crippen LogP contribution < -0.4 is 0 Å². The number of carbonyl (C=O) groups excluding carboxylic acids is 1. The molecule has 0 radical (unpaired) electrons. The highest BCUT2D eigenvalue weighted by atomic mass is 32.2. The number of hydrogen-bond acceptors (Lipinski definition) is 5. The smallest absolute Gasteiger partial charge is 0.339 e. The first-order chi connectivity index (χ1) is 12.8. The van der Waals surface area contributed by atoms with Crippen LogP contribution in [0, 0.1) is 12.7 Å². The number of benzene rings is 2. The lowest BCUT2D eigenvalue weighted by Gasteiger charge is -2.08. The van der Waals surface area contributed by atoms with Crippen LogP contribution in [0.3, 0.4) is 0 Å². The van der Waals surface area contributed by atoms with Gasteiger partial charge in [0.15, 0.2) is 0 Å². The highest BCUT2D eigenvalue weighted by Gasteiger charge is 2.17. The number of hydrogen-bond donors (Lipinski definition) is 0. The SMILES string of the molecule is CCOC(=O)/C=C(\C=C\c1ccc(F)cc1)OS(=O)(=O)c1ccc(C)cc1. The quantitative estimate of drug-likeness (QED) is 0.235. The summed E-state index contributed by atoms with van der Waals surface area (Å²) in [4.78, 5) is 11.7. The van der Waals surface area contributed by atoms with Crippen LogP contribution in [0.15, 0.2) is 71.3 Å². The third kappa shape index (κ3) is 6.38. The third-order valence-electron chi connectivity index (χ3n) is 3.37. The molecule has 0 aliphatic heterocycles. The Balaban J connectivity index is 2.30. The van der Waals surface area contributed by atoms with Gasteiger partial charge in [0.1, 0.15) is 16.5 Å². The van der Waals surface area contributed by atoms with Crippen LogP contribution in [0.25, 0.3) is 6.08 Å². The largest absolute Gasteiger partial charge is 0.463 e. The van der Waals surface area contributed by atoms with Crippen molar-refractivity contribution >= 4 is 22.2 Å². The van der Waals surface area contributed by atoms with Crippen molar-refractivity contribution in [2.45, 2.75) is 18.7 Å². The first-order valence-corrected chi connectivity index (χ1v) is 9.54. The fourth-order valence-electron chi connectivity index (χ4n) is 2.03. The van der Waals surface area contributed by atoms with Gasteiger partial charge in [-0.3, -0.25) is 0 Å². The zero-order valence-corrected chi connectivity index (χ0v) is 15.7. The van der Waals surface area contributed by atoms with Gasteiger partial charge >= 0.3 is 16.1 Å². The maximum absolute atomic E-state index is 13.0. The van der Waals surface area contributed by atoms with Crippen LogP contribution in [0.1, 0.15) is 18.1 Å². The fraction of sp³-hybridized carbons (Fsp3) is 0.150. The van der Waals surface area contributed by atoms with E-state index >= 15 is 0 Å². The predicted molar refractivity (Wildman–Crippen MR) is 99.6 cm³/mol. The van der Waals surface area contributed by atoms with Crippen molar-refractivity contribution in [1.82, 2.24) is 0 Å². The van der Waals surface area contributed by atoms with E-state index in [4.69, 9.17) is 8.92 Å². The topological polar surface area (TPSA) is 69.7 Å². The van der Waals surface area contributed by atoms with Crippen LogP contribution in [-0.2, 0) is 23.8 Å². The number of esters is 1. The number of ether oxygens (including phenoxy) is 1. The van der Waals surface area contributed by atoms with E-state index in [0.29, 0.717) is 5.56 Å². The number of allylic oxidation sites excluding steroid dienone is 1. The molecule has 0 aliphatic rings. The Bertz CT molecular complexity index is 943. The van der Waals surface area contributed by atoms with E-state index in [9.17, 15) is 17.6 Å². The van der Waals surface area contributed by atoms with E-state index in [-0.39, 0.29) is 17.3 Å². The zero-order valence-electron chi connectivity index (χ0n) is 14.9. The second kappa shape index (κ2) is 9.14. The van der Waals surface area contributed by atoms with Crippen molar-refractivity contribution in [1.29, 1.82) is 0 Å². The molecule has 7 heteroatoms.